The first-order valence-electron chi connectivity index (χ1n) is 6.55. The summed E-state index contributed by atoms with van der Waals surface area (Å²) in [6.07, 6.45) is 0. The Morgan fingerprint density at radius 2 is 1.90 bits per heavy atom. The molecule has 2 nitrogen and oxygen atoms in total. The van der Waals surface area contributed by atoms with Crippen LogP contribution in [0, 0.1) is 0 Å². The van der Waals surface area contributed by atoms with Crippen LogP contribution in [0.25, 0.3) is 0 Å². The molecule has 0 amide bonds. The van der Waals surface area contributed by atoms with Crippen molar-refractivity contribution in [3.63, 3.8) is 0 Å². The van der Waals surface area contributed by atoms with Crippen LogP contribution in [0.2, 0.25) is 10.0 Å². The zero-order valence-corrected chi connectivity index (χ0v) is 12.8. The normalized spacial score (nSPS) is 10.6. The van der Waals surface area contributed by atoms with Gasteiger partial charge in [-0.3, -0.25) is 0 Å². The average Bonchev–Trinajstić information content (AvgIpc) is 2.44. The Labute approximate surface area is 129 Å². The van der Waals surface area contributed by atoms with E-state index in [0.29, 0.717) is 22.4 Å². The van der Waals surface area contributed by atoms with Crippen molar-refractivity contribution in [1.29, 1.82) is 0 Å². The highest BCUT2D eigenvalue weighted by molar-refractivity contribution is 6.32. The Morgan fingerprint density at radius 1 is 1.05 bits per heavy atom. The van der Waals surface area contributed by atoms with Crippen molar-refractivity contribution in [2.24, 2.45) is 0 Å². The maximum atomic E-state index is 6.23. The summed E-state index contributed by atoms with van der Waals surface area (Å²) in [4.78, 5) is 0. The molecule has 1 N–H and O–H groups in total. The first kappa shape index (κ1) is 15.2. The third kappa shape index (κ3) is 4.41. The van der Waals surface area contributed by atoms with Gasteiger partial charge in [0.25, 0.3) is 0 Å². The predicted molar refractivity (Wildman–Crippen MR) is 84.6 cm³/mol. The second-order valence-corrected chi connectivity index (χ2v) is 5.31. The molecule has 0 atom stereocenters. The summed E-state index contributed by atoms with van der Waals surface area (Å²) in [5, 5.41) is 4.60. The van der Waals surface area contributed by atoms with Crippen molar-refractivity contribution in [1.82, 2.24) is 5.32 Å². The quantitative estimate of drug-likeness (QED) is 0.836. The van der Waals surface area contributed by atoms with Crippen LogP contribution in [-0.2, 0) is 13.2 Å². The SMILES string of the molecule is CCNCc1ccc(OCc2cccc(Cl)c2)c(Cl)c1. The third-order valence-corrected chi connectivity index (χ3v) is 3.39. The van der Waals surface area contributed by atoms with Gasteiger partial charge in [-0.1, -0.05) is 48.3 Å². The molecule has 2 aromatic rings. The minimum Gasteiger partial charge on any atom is -0.487 e. The summed E-state index contributed by atoms with van der Waals surface area (Å²) in [7, 11) is 0. The molecule has 0 heterocycles. The maximum Gasteiger partial charge on any atom is 0.138 e. The van der Waals surface area contributed by atoms with E-state index in [1.807, 2.05) is 42.5 Å². The Balaban J connectivity index is 1.99. The molecule has 0 aliphatic carbocycles. The maximum absolute atomic E-state index is 6.23. The second kappa shape index (κ2) is 7.53. The summed E-state index contributed by atoms with van der Waals surface area (Å²) >= 11 is 12.2. The number of rotatable bonds is 6. The number of hydrogen-bond donors (Lipinski definition) is 1. The highest BCUT2D eigenvalue weighted by atomic mass is 35.5. The third-order valence-electron chi connectivity index (χ3n) is 2.86. The molecule has 0 aliphatic heterocycles. The molecule has 0 fully saturated rings. The van der Waals surface area contributed by atoms with Gasteiger partial charge in [-0.15, -0.1) is 0 Å². The standard InChI is InChI=1S/C16H17Cl2NO/c1-2-19-10-12-6-7-16(15(18)9-12)20-11-13-4-3-5-14(17)8-13/h3-9,19H,2,10-11H2,1H3. The van der Waals surface area contributed by atoms with Gasteiger partial charge >= 0.3 is 0 Å². The molecule has 0 saturated heterocycles. The predicted octanol–water partition coefficient (Wildman–Crippen LogP) is 4.68. The largest absolute Gasteiger partial charge is 0.487 e. The van der Waals surface area contributed by atoms with Crippen molar-refractivity contribution in [2.45, 2.75) is 20.1 Å². The molecule has 0 unspecified atom stereocenters. The van der Waals surface area contributed by atoms with Gasteiger partial charge in [-0.2, -0.15) is 0 Å². The molecule has 0 bridgehead atoms. The highest BCUT2D eigenvalue weighted by Gasteiger charge is 2.04. The van der Waals surface area contributed by atoms with E-state index in [2.05, 4.69) is 12.2 Å². The summed E-state index contributed by atoms with van der Waals surface area (Å²) in [5.74, 6) is 0.687. The molecule has 2 aromatic carbocycles. The van der Waals surface area contributed by atoms with Crippen molar-refractivity contribution < 1.29 is 4.74 Å². The Bertz CT molecular complexity index is 572. The topological polar surface area (TPSA) is 21.3 Å². The van der Waals surface area contributed by atoms with E-state index in [1.165, 1.54) is 0 Å². The van der Waals surface area contributed by atoms with Crippen molar-refractivity contribution in [2.75, 3.05) is 6.54 Å². The van der Waals surface area contributed by atoms with Gasteiger partial charge in [0.2, 0.25) is 0 Å². The fraction of sp³-hybridized carbons (Fsp3) is 0.250. The number of halogens is 2. The fourth-order valence-corrected chi connectivity index (χ4v) is 2.30. The number of benzene rings is 2. The van der Waals surface area contributed by atoms with Gasteiger partial charge in [0, 0.05) is 11.6 Å². The van der Waals surface area contributed by atoms with Gasteiger partial charge in [-0.05, 0) is 41.9 Å². The lowest BCUT2D eigenvalue weighted by atomic mass is 10.2. The highest BCUT2D eigenvalue weighted by Crippen LogP contribution is 2.26. The second-order valence-electron chi connectivity index (χ2n) is 4.46. The molecular weight excluding hydrogens is 293 g/mol. The molecule has 0 aliphatic rings. The van der Waals surface area contributed by atoms with Crippen LogP contribution in [0.5, 0.6) is 5.75 Å². The zero-order valence-electron chi connectivity index (χ0n) is 11.3. The molecule has 0 spiro atoms. The van der Waals surface area contributed by atoms with Crippen molar-refractivity contribution in [3.05, 3.63) is 63.6 Å². The fourth-order valence-electron chi connectivity index (χ4n) is 1.83. The molecule has 0 aromatic heterocycles. The molecule has 20 heavy (non-hydrogen) atoms. The van der Waals surface area contributed by atoms with E-state index in [0.717, 1.165) is 24.2 Å². The van der Waals surface area contributed by atoms with Crippen LogP contribution < -0.4 is 10.1 Å². The van der Waals surface area contributed by atoms with E-state index in [-0.39, 0.29) is 0 Å². The molecule has 4 heteroatoms. The van der Waals surface area contributed by atoms with Crippen molar-refractivity contribution >= 4 is 23.2 Å². The van der Waals surface area contributed by atoms with E-state index < -0.39 is 0 Å². The van der Waals surface area contributed by atoms with Crippen LogP contribution in [0.4, 0.5) is 0 Å². The number of hydrogen-bond acceptors (Lipinski definition) is 2. The smallest absolute Gasteiger partial charge is 0.138 e. The van der Waals surface area contributed by atoms with E-state index in [1.54, 1.807) is 0 Å². The Kier molecular flexibility index (Phi) is 5.72. The van der Waals surface area contributed by atoms with Gasteiger partial charge in [0.05, 0.1) is 5.02 Å². The molecule has 0 radical (unpaired) electrons. The summed E-state index contributed by atoms with van der Waals surface area (Å²) < 4.78 is 5.73. The minimum absolute atomic E-state index is 0.451. The number of nitrogens with one attached hydrogen (secondary N) is 1. The first-order chi connectivity index (χ1) is 9.69. The first-order valence-corrected chi connectivity index (χ1v) is 7.31. The number of ether oxygens (including phenoxy) is 1. The average molecular weight is 310 g/mol. The summed E-state index contributed by atoms with van der Waals surface area (Å²) in [5.41, 5.74) is 2.16. The lowest BCUT2D eigenvalue weighted by Crippen LogP contribution is -2.11. The monoisotopic (exact) mass is 309 g/mol. The van der Waals surface area contributed by atoms with Gasteiger partial charge in [0.1, 0.15) is 12.4 Å². The molecule has 106 valence electrons. The minimum atomic E-state index is 0.451. The lowest BCUT2D eigenvalue weighted by molar-refractivity contribution is 0.306. The summed E-state index contributed by atoms with van der Waals surface area (Å²) in [6.45, 7) is 4.27. The van der Waals surface area contributed by atoms with Crippen molar-refractivity contribution in [3.8, 4) is 5.75 Å². The van der Waals surface area contributed by atoms with Gasteiger partial charge < -0.3 is 10.1 Å². The zero-order chi connectivity index (χ0) is 14.4. The van der Waals surface area contributed by atoms with Crippen LogP contribution >= 0.6 is 23.2 Å². The lowest BCUT2D eigenvalue weighted by Gasteiger charge is -2.10. The van der Waals surface area contributed by atoms with Crippen LogP contribution in [0.15, 0.2) is 42.5 Å². The Hall–Kier alpha value is -1.22. The van der Waals surface area contributed by atoms with Gasteiger partial charge in [0.15, 0.2) is 0 Å². The van der Waals surface area contributed by atoms with E-state index >= 15 is 0 Å². The van der Waals surface area contributed by atoms with Crippen LogP contribution in [0.1, 0.15) is 18.1 Å². The van der Waals surface area contributed by atoms with E-state index in [4.69, 9.17) is 27.9 Å². The van der Waals surface area contributed by atoms with Gasteiger partial charge in [-0.25, -0.2) is 0 Å². The van der Waals surface area contributed by atoms with Crippen LogP contribution in [0.3, 0.4) is 0 Å². The molecule has 0 saturated carbocycles. The van der Waals surface area contributed by atoms with Crippen LogP contribution in [-0.4, -0.2) is 6.54 Å². The Morgan fingerprint density at radius 3 is 2.60 bits per heavy atom. The van der Waals surface area contributed by atoms with E-state index in [9.17, 15) is 0 Å². The summed E-state index contributed by atoms with van der Waals surface area (Å²) in [6, 6.07) is 13.4. The molecule has 2 rings (SSSR count). The molecular formula is C16H17Cl2NO.